The van der Waals surface area contributed by atoms with Gasteiger partial charge in [-0.2, -0.15) is 0 Å². The lowest BCUT2D eigenvalue weighted by atomic mass is 9.78. The van der Waals surface area contributed by atoms with E-state index in [2.05, 4.69) is 288 Å². The first-order valence-electron chi connectivity index (χ1n) is 34.4. The van der Waals surface area contributed by atoms with E-state index in [0.717, 1.165) is 106 Å². The van der Waals surface area contributed by atoms with Crippen LogP contribution in [-0.4, -0.2) is 14.1 Å². The number of hydrogen-bond acceptors (Lipinski definition) is 2. The van der Waals surface area contributed by atoms with E-state index in [1.165, 1.54) is 27.8 Å². The fourth-order valence-electron chi connectivity index (χ4n) is 13.2. The molecule has 0 radical (unpaired) electrons. The first-order valence-corrected chi connectivity index (χ1v) is 31.9. The maximum atomic E-state index is 9.63. The van der Waals surface area contributed by atoms with Crippen LogP contribution >= 0.6 is 0 Å². The van der Waals surface area contributed by atoms with Gasteiger partial charge in [-0.3, -0.25) is 13.7 Å². The second-order valence-electron chi connectivity index (χ2n) is 30.0. The van der Waals surface area contributed by atoms with E-state index in [-0.39, 0.29) is 44.7 Å². The van der Waals surface area contributed by atoms with Crippen LogP contribution in [0.2, 0.25) is 0 Å². The Kier molecular flexibility index (Phi) is 12.6. The van der Waals surface area contributed by atoms with Gasteiger partial charge in [-0.25, -0.2) is 4.98 Å². The highest BCUT2D eigenvalue weighted by molar-refractivity contribution is 6.10. The fraction of sp³-hybridized carbons (Fsp3) is 0.233. The van der Waals surface area contributed by atoms with Gasteiger partial charge in [-0.15, -0.1) is 0 Å². The van der Waals surface area contributed by atoms with Gasteiger partial charge in [-0.05, 0) is 176 Å². The zero-order chi connectivity index (χ0) is 68.0. The normalized spacial score (nSPS) is 13.5. The molecule has 91 heavy (non-hydrogen) atoms. The van der Waals surface area contributed by atoms with Crippen LogP contribution in [0, 0.1) is 6.33 Å². The average molecular weight is 1190 g/mol. The molecule has 4 heterocycles. The van der Waals surface area contributed by atoms with Crippen LogP contribution < -0.4 is 9.30 Å². The number of para-hydroxylation sites is 2. The van der Waals surface area contributed by atoms with E-state index < -0.39 is 18.1 Å². The molecule has 0 saturated carbocycles. The minimum absolute atomic E-state index is 0.0833. The van der Waals surface area contributed by atoms with Gasteiger partial charge in [0.05, 0.1) is 40.3 Å². The van der Waals surface area contributed by atoms with Gasteiger partial charge in [0.2, 0.25) is 0 Å². The average Bonchev–Trinajstić information content (AvgIpc) is 1.50. The van der Waals surface area contributed by atoms with E-state index in [1.807, 2.05) is 30.5 Å². The number of hydrogen-bond donors (Lipinski definition) is 0. The third kappa shape index (κ3) is 10.7. The van der Waals surface area contributed by atoms with Crippen molar-refractivity contribution in [2.45, 2.75) is 131 Å². The van der Waals surface area contributed by atoms with Gasteiger partial charge < -0.3 is 4.74 Å². The van der Waals surface area contributed by atoms with Gasteiger partial charge in [0.1, 0.15) is 17.3 Å². The van der Waals surface area contributed by atoms with Crippen molar-refractivity contribution < 1.29 is 16.2 Å². The number of fused-ring (bicyclic) bond motifs is 10. The molecular formula is C86H82N4O. The minimum Gasteiger partial charge on any atom is -0.458 e. The van der Waals surface area contributed by atoms with E-state index in [4.69, 9.17) is 13.8 Å². The molecule has 1 aliphatic heterocycles. The van der Waals surface area contributed by atoms with Gasteiger partial charge in [0, 0.05) is 23.0 Å². The SMILES string of the molecule is [2H]c1c([2H])c([2H])c(-c2cccc3c2-c2cccc(-c4cc(C(C)(C)C)cc(C(C)(C)C)c4)c2-[n+]2[c-]n(-c4cccc(Oc5ccc6c7ccccc7n(-c7cc(C(C)(C)C)ccn7)c6c5)c4)c4cc(-c5cc(C(C)(C)C)cc(C(C)(C)C)c5)cc(c42)-c2ccccc2-3)c([2H])c1[2H]. The van der Waals surface area contributed by atoms with Crippen LogP contribution in [0.3, 0.4) is 0 Å². The third-order valence-electron chi connectivity index (χ3n) is 18.4. The van der Waals surface area contributed by atoms with Gasteiger partial charge >= 0.3 is 0 Å². The molecule has 3 aromatic heterocycles. The minimum atomic E-state index is -0.441. The highest BCUT2D eigenvalue weighted by Crippen LogP contribution is 2.50. The quantitative estimate of drug-likeness (QED) is 0.118. The lowest BCUT2D eigenvalue weighted by molar-refractivity contribution is -0.570. The van der Waals surface area contributed by atoms with Crippen LogP contribution in [-0.2, 0) is 27.1 Å². The summed E-state index contributed by atoms with van der Waals surface area (Å²) in [6.07, 6.45) is 6.01. The predicted octanol–water partition coefficient (Wildman–Crippen LogP) is 22.8. The molecule has 5 heteroatoms. The lowest BCUT2D eigenvalue weighted by Gasteiger charge is -2.27. The molecule has 0 unspecified atom stereocenters. The van der Waals surface area contributed by atoms with Crippen molar-refractivity contribution in [1.82, 2.24) is 14.1 Å². The van der Waals surface area contributed by atoms with Crippen molar-refractivity contribution in [1.29, 1.82) is 0 Å². The molecule has 10 aromatic carbocycles. The molecule has 0 bridgehead atoms. The van der Waals surface area contributed by atoms with Gasteiger partial charge in [0.15, 0.2) is 0 Å². The third-order valence-corrected chi connectivity index (χ3v) is 18.4. The summed E-state index contributed by atoms with van der Waals surface area (Å²) < 4.78 is 60.0. The molecule has 13 aromatic rings. The molecule has 0 N–H and O–H groups in total. The molecule has 0 fully saturated rings. The summed E-state index contributed by atoms with van der Waals surface area (Å²) in [5.41, 5.74) is 20.6. The summed E-state index contributed by atoms with van der Waals surface area (Å²) in [7, 11) is 0. The van der Waals surface area contributed by atoms with E-state index in [9.17, 15) is 2.74 Å². The number of pyridine rings is 1. The van der Waals surface area contributed by atoms with Crippen molar-refractivity contribution >= 4 is 32.8 Å². The highest BCUT2D eigenvalue weighted by atomic mass is 16.5. The lowest BCUT2D eigenvalue weighted by Crippen LogP contribution is -2.32. The van der Waals surface area contributed by atoms with E-state index in [0.29, 0.717) is 17.1 Å². The number of ether oxygens (including phenoxy) is 1. The number of nitrogens with zero attached hydrogens (tertiary/aromatic N) is 4. The van der Waals surface area contributed by atoms with Crippen LogP contribution in [0.15, 0.2) is 224 Å². The molecule has 14 rings (SSSR count). The smallest absolute Gasteiger partial charge is 0.269 e. The van der Waals surface area contributed by atoms with E-state index in [1.54, 1.807) is 0 Å². The summed E-state index contributed by atoms with van der Waals surface area (Å²) >= 11 is 0. The van der Waals surface area contributed by atoms with Crippen LogP contribution in [0.1, 0.15) is 139 Å². The molecular weight excluding hydrogens is 1100 g/mol. The Morgan fingerprint density at radius 3 is 1.59 bits per heavy atom. The van der Waals surface area contributed by atoms with Crippen LogP contribution in [0.25, 0.3) is 117 Å². The number of aromatic nitrogens is 4. The maximum Gasteiger partial charge on any atom is 0.269 e. The molecule has 452 valence electrons. The molecule has 0 spiro atoms. The summed E-state index contributed by atoms with van der Waals surface area (Å²) in [6.45, 7) is 34.0. The Bertz CT molecular complexity index is 5270. The first-order chi connectivity index (χ1) is 45.3. The van der Waals surface area contributed by atoms with Crippen LogP contribution in [0.4, 0.5) is 0 Å². The van der Waals surface area contributed by atoms with Crippen molar-refractivity contribution in [3.8, 4) is 95.5 Å². The van der Waals surface area contributed by atoms with Crippen LogP contribution in [0.5, 0.6) is 11.5 Å². The number of benzene rings is 10. The summed E-state index contributed by atoms with van der Waals surface area (Å²) in [5, 5.41) is 2.22. The molecule has 0 saturated heterocycles. The molecule has 1 aliphatic rings. The maximum absolute atomic E-state index is 9.63. The zero-order valence-corrected chi connectivity index (χ0v) is 55.2. The standard InChI is InChI=1S/C86H82N4O/c1-82(2,3)58-40-41-87-78(50-58)90-75-37-22-21-32-70(75)71-39-38-65(52-76(71)90)91-64-29-23-28-63(51-64)88-53-89-80-67(57-44-61(85(10,11)12)49-62(45-57)86(13,14)15)34-25-36-73(80)79-66(54-26-17-16-18-27-54)33-24-35-72(79)68-30-19-20-31-69(68)74-46-56(47-77(88)81(74)89)55-42-59(83(4,5)6)48-60(43-55)84(7,8)9/h16-52H,1-15H3/i16D,17D,18D,26D,27D. The Balaban J connectivity index is 1.10. The second kappa shape index (κ2) is 21.6. The van der Waals surface area contributed by atoms with Crippen molar-refractivity contribution in [2.75, 3.05) is 0 Å². The number of rotatable bonds is 7. The Hall–Kier alpha value is -9.58. The Labute approximate surface area is 545 Å². The largest absolute Gasteiger partial charge is 0.458 e. The molecule has 0 atom stereocenters. The fourth-order valence-corrected chi connectivity index (χ4v) is 13.2. The molecule has 0 aliphatic carbocycles. The Morgan fingerprint density at radius 1 is 0.396 bits per heavy atom. The Morgan fingerprint density at radius 2 is 0.934 bits per heavy atom. The predicted molar refractivity (Wildman–Crippen MR) is 382 cm³/mol. The zero-order valence-electron chi connectivity index (χ0n) is 60.2. The second-order valence-corrected chi connectivity index (χ2v) is 30.0. The van der Waals surface area contributed by atoms with Gasteiger partial charge in [-0.1, -0.05) is 261 Å². The summed E-state index contributed by atoms with van der Waals surface area (Å²) in [6, 6.07) is 65.4. The van der Waals surface area contributed by atoms with Crippen molar-refractivity contribution in [3.05, 3.63) is 259 Å². The van der Waals surface area contributed by atoms with E-state index >= 15 is 0 Å². The first kappa shape index (κ1) is 53.3. The van der Waals surface area contributed by atoms with Gasteiger partial charge in [0.25, 0.3) is 6.33 Å². The monoisotopic (exact) mass is 1190 g/mol. The molecule has 0 amide bonds. The van der Waals surface area contributed by atoms with Crippen molar-refractivity contribution in [3.63, 3.8) is 0 Å². The summed E-state index contributed by atoms with van der Waals surface area (Å²) in [4.78, 5) is 4.97. The summed E-state index contributed by atoms with van der Waals surface area (Å²) in [5.74, 6) is 2.14. The number of imidazole rings is 1. The van der Waals surface area contributed by atoms with Crippen molar-refractivity contribution in [2.24, 2.45) is 0 Å². The topological polar surface area (TPSA) is 35.9 Å². The molecule has 5 nitrogen and oxygen atoms in total. The highest BCUT2D eigenvalue weighted by Gasteiger charge is 2.31.